The SMILES string of the molecule is COCC(N)C(=O)Nc1nc(-c2ccc(CNC(C)=O)s2)c(C)s1.Cl. The van der Waals surface area contributed by atoms with Gasteiger partial charge >= 0.3 is 0 Å². The van der Waals surface area contributed by atoms with Crippen molar-refractivity contribution in [3.05, 3.63) is 21.9 Å². The predicted molar refractivity (Wildman–Crippen MR) is 103 cm³/mol. The summed E-state index contributed by atoms with van der Waals surface area (Å²) in [5, 5.41) is 5.99. The van der Waals surface area contributed by atoms with Crippen LogP contribution in [0.4, 0.5) is 5.13 Å². The lowest BCUT2D eigenvalue weighted by atomic mass is 10.3. The predicted octanol–water partition coefficient (Wildman–Crippen LogP) is 2.15. The van der Waals surface area contributed by atoms with E-state index >= 15 is 0 Å². The van der Waals surface area contributed by atoms with Gasteiger partial charge < -0.3 is 21.1 Å². The molecule has 0 spiro atoms. The third kappa shape index (κ3) is 6.05. The van der Waals surface area contributed by atoms with Crippen LogP contribution >= 0.6 is 35.1 Å². The van der Waals surface area contributed by atoms with Gasteiger partial charge in [0.05, 0.1) is 23.7 Å². The number of halogens is 1. The number of hydrogen-bond donors (Lipinski definition) is 3. The van der Waals surface area contributed by atoms with Gasteiger partial charge in [-0.15, -0.1) is 35.1 Å². The van der Waals surface area contributed by atoms with E-state index in [1.54, 1.807) is 11.3 Å². The van der Waals surface area contributed by atoms with Gasteiger partial charge in [0.25, 0.3) is 0 Å². The maximum absolute atomic E-state index is 11.9. The van der Waals surface area contributed by atoms with Gasteiger partial charge in [0.15, 0.2) is 5.13 Å². The summed E-state index contributed by atoms with van der Waals surface area (Å²) in [7, 11) is 1.49. The molecular weight excluding hydrogens is 384 g/mol. The number of methoxy groups -OCH3 is 1. The van der Waals surface area contributed by atoms with Gasteiger partial charge in [0.1, 0.15) is 6.04 Å². The monoisotopic (exact) mass is 404 g/mol. The van der Waals surface area contributed by atoms with Crippen molar-refractivity contribution in [3.8, 4) is 10.6 Å². The Balaban J connectivity index is 0.00000312. The number of nitrogens with two attached hydrogens (primary N) is 1. The van der Waals surface area contributed by atoms with Gasteiger partial charge in [-0.2, -0.15) is 0 Å². The van der Waals surface area contributed by atoms with Crippen LogP contribution in [0, 0.1) is 6.92 Å². The second-order valence-electron chi connectivity index (χ2n) is 5.15. The van der Waals surface area contributed by atoms with E-state index in [0.29, 0.717) is 11.7 Å². The summed E-state index contributed by atoms with van der Waals surface area (Å²) in [6.45, 7) is 4.09. The van der Waals surface area contributed by atoms with Gasteiger partial charge in [0, 0.05) is 23.8 Å². The molecule has 0 bridgehead atoms. The fourth-order valence-corrected chi connectivity index (χ4v) is 3.83. The van der Waals surface area contributed by atoms with Crippen molar-refractivity contribution >= 4 is 52.0 Å². The maximum atomic E-state index is 11.9. The first-order valence-electron chi connectivity index (χ1n) is 7.27. The molecule has 0 fully saturated rings. The molecule has 1 atom stereocenters. The number of aromatic nitrogens is 1. The Hall–Kier alpha value is -1.52. The fraction of sp³-hybridized carbons (Fsp3) is 0.400. The molecule has 2 aromatic rings. The molecule has 0 saturated heterocycles. The summed E-state index contributed by atoms with van der Waals surface area (Å²) in [5.74, 6) is -0.387. The highest BCUT2D eigenvalue weighted by molar-refractivity contribution is 7.18. The van der Waals surface area contributed by atoms with E-state index in [-0.39, 0.29) is 30.8 Å². The Morgan fingerprint density at radius 2 is 2.08 bits per heavy atom. The maximum Gasteiger partial charge on any atom is 0.245 e. The van der Waals surface area contributed by atoms with E-state index in [4.69, 9.17) is 10.5 Å². The van der Waals surface area contributed by atoms with E-state index in [9.17, 15) is 9.59 Å². The molecule has 0 aliphatic heterocycles. The van der Waals surface area contributed by atoms with Crippen molar-refractivity contribution < 1.29 is 14.3 Å². The first-order valence-corrected chi connectivity index (χ1v) is 8.90. The number of carbonyl (C=O) groups excluding carboxylic acids is 2. The zero-order chi connectivity index (χ0) is 17.7. The molecule has 0 aromatic carbocycles. The molecule has 0 saturated carbocycles. The number of amides is 2. The van der Waals surface area contributed by atoms with Crippen LogP contribution in [0.25, 0.3) is 10.6 Å². The summed E-state index contributed by atoms with van der Waals surface area (Å²) in [4.78, 5) is 30.4. The van der Waals surface area contributed by atoms with Gasteiger partial charge in [-0.25, -0.2) is 4.98 Å². The minimum atomic E-state index is -0.728. The largest absolute Gasteiger partial charge is 0.383 e. The molecule has 25 heavy (non-hydrogen) atoms. The highest BCUT2D eigenvalue weighted by Gasteiger charge is 2.17. The number of thiazole rings is 1. The van der Waals surface area contributed by atoms with Crippen molar-refractivity contribution in [2.75, 3.05) is 19.0 Å². The van der Waals surface area contributed by atoms with E-state index in [0.717, 1.165) is 20.3 Å². The summed E-state index contributed by atoms with van der Waals surface area (Å²) in [6, 6.07) is 3.20. The smallest absolute Gasteiger partial charge is 0.245 e. The number of nitrogens with one attached hydrogen (secondary N) is 2. The Morgan fingerprint density at radius 1 is 1.36 bits per heavy atom. The van der Waals surface area contributed by atoms with Crippen LogP contribution < -0.4 is 16.4 Å². The lowest BCUT2D eigenvalue weighted by Gasteiger charge is -2.08. The van der Waals surface area contributed by atoms with Gasteiger partial charge in [-0.1, -0.05) is 0 Å². The molecule has 7 nitrogen and oxygen atoms in total. The van der Waals surface area contributed by atoms with Crippen LogP contribution in [0.2, 0.25) is 0 Å². The van der Waals surface area contributed by atoms with Crippen molar-refractivity contribution in [1.82, 2.24) is 10.3 Å². The van der Waals surface area contributed by atoms with Crippen LogP contribution in [0.3, 0.4) is 0 Å². The molecule has 1 unspecified atom stereocenters. The number of thiophene rings is 1. The minimum Gasteiger partial charge on any atom is -0.383 e. The van der Waals surface area contributed by atoms with E-state index < -0.39 is 6.04 Å². The molecule has 0 radical (unpaired) electrons. The molecule has 4 N–H and O–H groups in total. The van der Waals surface area contributed by atoms with Crippen molar-refractivity contribution in [2.24, 2.45) is 5.73 Å². The molecule has 0 aliphatic carbocycles. The summed E-state index contributed by atoms with van der Waals surface area (Å²) < 4.78 is 4.87. The summed E-state index contributed by atoms with van der Waals surface area (Å²) in [5.41, 5.74) is 6.53. The Kier molecular flexibility index (Phi) is 8.46. The number of hydrogen-bond acceptors (Lipinski definition) is 7. The zero-order valence-corrected chi connectivity index (χ0v) is 16.6. The van der Waals surface area contributed by atoms with E-state index in [1.807, 2.05) is 19.1 Å². The zero-order valence-electron chi connectivity index (χ0n) is 14.1. The Morgan fingerprint density at radius 3 is 2.72 bits per heavy atom. The molecule has 2 rings (SSSR count). The molecule has 10 heteroatoms. The highest BCUT2D eigenvalue weighted by Crippen LogP contribution is 2.34. The minimum absolute atomic E-state index is 0. The average Bonchev–Trinajstić information content (AvgIpc) is 3.11. The lowest BCUT2D eigenvalue weighted by Crippen LogP contribution is -2.39. The van der Waals surface area contributed by atoms with E-state index in [1.165, 1.54) is 25.4 Å². The summed E-state index contributed by atoms with van der Waals surface area (Å²) >= 11 is 2.96. The fourth-order valence-electron chi connectivity index (χ4n) is 1.94. The van der Waals surface area contributed by atoms with Gasteiger partial charge in [-0.3, -0.25) is 9.59 Å². The van der Waals surface area contributed by atoms with Gasteiger partial charge in [-0.05, 0) is 19.1 Å². The number of nitrogens with zero attached hydrogens (tertiary/aromatic N) is 1. The lowest BCUT2D eigenvalue weighted by molar-refractivity contribution is -0.119. The number of anilines is 1. The van der Waals surface area contributed by atoms with Gasteiger partial charge in [0.2, 0.25) is 11.8 Å². The van der Waals surface area contributed by atoms with Crippen LogP contribution in [-0.4, -0.2) is 36.6 Å². The topological polar surface area (TPSA) is 106 Å². The van der Waals surface area contributed by atoms with Crippen LogP contribution in [-0.2, 0) is 20.9 Å². The first kappa shape index (κ1) is 21.5. The molecule has 2 heterocycles. The second kappa shape index (κ2) is 9.83. The molecular formula is C15H21ClN4O3S2. The van der Waals surface area contributed by atoms with E-state index in [2.05, 4.69) is 15.6 Å². The molecule has 0 aliphatic rings. The Bertz CT molecular complexity index is 732. The summed E-state index contributed by atoms with van der Waals surface area (Å²) in [6.07, 6.45) is 0. The van der Waals surface area contributed by atoms with Crippen molar-refractivity contribution in [2.45, 2.75) is 26.4 Å². The third-order valence-electron chi connectivity index (χ3n) is 3.12. The standard InChI is InChI=1S/C15H20N4O3S2.ClH/c1-8-13(12-5-4-10(24-12)6-17-9(2)20)18-15(23-8)19-14(21)11(16)7-22-3;/h4-5,11H,6-7,16H2,1-3H3,(H,17,20)(H,18,19,21);1H. The average molecular weight is 405 g/mol. The third-order valence-corrected chi connectivity index (χ3v) is 5.09. The number of rotatable bonds is 7. The number of aryl methyl sites for hydroxylation is 1. The highest BCUT2D eigenvalue weighted by atomic mass is 35.5. The Labute approximate surface area is 160 Å². The van der Waals surface area contributed by atoms with Crippen molar-refractivity contribution in [1.29, 1.82) is 0 Å². The molecule has 2 amide bonds. The number of carbonyl (C=O) groups is 2. The normalized spacial score (nSPS) is 11.5. The molecule has 138 valence electrons. The van der Waals surface area contributed by atoms with Crippen LogP contribution in [0.5, 0.6) is 0 Å². The van der Waals surface area contributed by atoms with Crippen molar-refractivity contribution in [3.63, 3.8) is 0 Å². The first-order chi connectivity index (χ1) is 11.4. The number of ether oxygens (including phenoxy) is 1. The van der Waals surface area contributed by atoms with Crippen LogP contribution in [0.15, 0.2) is 12.1 Å². The van der Waals surface area contributed by atoms with Crippen LogP contribution in [0.1, 0.15) is 16.7 Å². The molecule has 2 aromatic heterocycles. The quantitative estimate of drug-likeness (QED) is 0.655. The second-order valence-corrected chi connectivity index (χ2v) is 7.52.